The first-order valence-corrected chi connectivity index (χ1v) is 10.6. The predicted octanol–water partition coefficient (Wildman–Crippen LogP) is 2.17. The van der Waals surface area contributed by atoms with Crippen molar-refractivity contribution >= 4 is 27.3 Å². The van der Waals surface area contributed by atoms with E-state index in [9.17, 15) is 23.3 Å². The summed E-state index contributed by atoms with van der Waals surface area (Å²) >= 11 is 0. The summed E-state index contributed by atoms with van der Waals surface area (Å²) in [5.74, 6) is 0.115. The molecule has 0 unspecified atom stereocenters. The Bertz CT molecular complexity index is 990. The molecule has 2 aromatic rings. The van der Waals surface area contributed by atoms with Crippen LogP contribution in [0.15, 0.2) is 42.5 Å². The van der Waals surface area contributed by atoms with Crippen LogP contribution in [0.5, 0.6) is 5.75 Å². The molecular formula is C19H23N3O6S. The van der Waals surface area contributed by atoms with Crippen LogP contribution < -0.4 is 14.4 Å². The highest BCUT2D eigenvalue weighted by atomic mass is 32.2. The van der Waals surface area contributed by atoms with Gasteiger partial charge in [-0.25, -0.2) is 8.42 Å². The van der Waals surface area contributed by atoms with Gasteiger partial charge in [0.05, 0.1) is 23.4 Å². The first kappa shape index (κ1) is 22.2. The second kappa shape index (κ2) is 9.37. The molecule has 0 spiro atoms. The molecule has 2 aromatic carbocycles. The fraction of sp³-hybridized carbons (Fsp3) is 0.316. The maximum Gasteiger partial charge on any atom is 0.271 e. The number of hydrogen-bond donors (Lipinski definition) is 1. The van der Waals surface area contributed by atoms with E-state index in [-0.39, 0.29) is 24.5 Å². The number of non-ortho nitro benzene ring substituents is 1. The quantitative estimate of drug-likeness (QED) is 0.377. The number of nitrogens with zero attached hydrogens (tertiary/aromatic N) is 2. The lowest BCUT2D eigenvalue weighted by Crippen LogP contribution is -2.41. The zero-order valence-electron chi connectivity index (χ0n) is 16.4. The number of anilines is 1. The van der Waals surface area contributed by atoms with E-state index in [4.69, 9.17) is 4.74 Å². The molecule has 156 valence electrons. The van der Waals surface area contributed by atoms with Crippen molar-refractivity contribution in [3.63, 3.8) is 0 Å². The number of nitro benzene ring substituents is 1. The normalized spacial score (nSPS) is 11.0. The summed E-state index contributed by atoms with van der Waals surface area (Å²) in [4.78, 5) is 22.6. The molecule has 0 aliphatic carbocycles. The molecule has 29 heavy (non-hydrogen) atoms. The van der Waals surface area contributed by atoms with E-state index in [1.165, 1.54) is 12.1 Å². The SMILES string of the molecule is Cc1ccc(OCCNC(=O)CN(c2cc([N+](=O)[O-])ccc2C)S(C)(=O)=O)cc1. The summed E-state index contributed by atoms with van der Waals surface area (Å²) in [7, 11) is -3.84. The van der Waals surface area contributed by atoms with Crippen LogP contribution in [0, 0.1) is 24.0 Å². The highest BCUT2D eigenvalue weighted by molar-refractivity contribution is 7.92. The fourth-order valence-electron chi connectivity index (χ4n) is 2.54. The minimum Gasteiger partial charge on any atom is -0.492 e. The van der Waals surface area contributed by atoms with Gasteiger partial charge in [-0.05, 0) is 31.5 Å². The van der Waals surface area contributed by atoms with Crippen molar-refractivity contribution in [1.29, 1.82) is 0 Å². The first-order chi connectivity index (χ1) is 13.6. The largest absolute Gasteiger partial charge is 0.492 e. The Morgan fingerprint density at radius 3 is 2.41 bits per heavy atom. The van der Waals surface area contributed by atoms with Crippen molar-refractivity contribution in [2.24, 2.45) is 0 Å². The monoisotopic (exact) mass is 421 g/mol. The predicted molar refractivity (Wildman–Crippen MR) is 110 cm³/mol. The Labute approximate surface area is 169 Å². The zero-order valence-corrected chi connectivity index (χ0v) is 17.2. The minimum absolute atomic E-state index is 0.0905. The van der Waals surface area contributed by atoms with Gasteiger partial charge in [-0.3, -0.25) is 19.2 Å². The maximum absolute atomic E-state index is 12.3. The number of carbonyl (C=O) groups excluding carboxylic acids is 1. The van der Waals surface area contributed by atoms with Gasteiger partial charge in [-0.2, -0.15) is 0 Å². The number of nitrogens with one attached hydrogen (secondary N) is 1. The van der Waals surface area contributed by atoms with Crippen molar-refractivity contribution in [3.05, 3.63) is 63.7 Å². The van der Waals surface area contributed by atoms with Gasteiger partial charge in [0.15, 0.2) is 0 Å². The first-order valence-electron chi connectivity index (χ1n) is 8.77. The van der Waals surface area contributed by atoms with Crippen molar-refractivity contribution in [3.8, 4) is 5.75 Å². The average Bonchev–Trinajstić information content (AvgIpc) is 2.64. The second-order valence-corrected chi connectivity index (χ2v) is 8.42. The van der Waals surface area contributed by atoms with Gasteiger partial charge in [0.1, 0.15) is 18.9 Å². The molecule has 0 fully saturated rings. The molecular weight excluding hydrogens is 398 g/mol. The Morgan fingerprint density at radius 1 is 1.17 bits per heavy atom. The number of hydrogen-bond acceptors (Lipinski definition) is 6. The number of aryl methyl sites for hydroxylation is 2. The van der Waals surface area contributed by atoms with Crippen LogP contribution in [0.2, 0.25) is 0 Å². The van der Waals surface area contributed by atoms with Gasteiger partial charge in [0.2, 0.25) is 15.9 Å². The Hall–Kier alpha value is -3.14. The van der Waals surface area contributed by atoms with Gasteiger partial charge >= 0.3 is 0 Å². The highest BCUT2D eigenvalue weighted by Gasteiger charge is 2.24. The van der Waals surface area contributed by atoms with E-state index in [2.05, 4.69) is 5.32 Å². The third-order valence-electron chi connectivity index (χ3n) is 4.07. The second-order valence-electron chi connectivity index (χ2n) is 6.51. The number of rotatable bonds is 9. The van der Waals surface area contributed by atoms with Gasteiger partial charge < -0.3 is 10.1 Å². The third kappa shape index (κ3) is 6.46. The summed E-state index contributed by atoms with van der Waals surface area (Å²) in [6, 6.07) is 11.3. The van der Waals surface area contributed by atoms with Crippen molar-refractivity contribution in [2.45, 2.75) is 13.8 Å². The lowest BCUT2D eigenvalue weighted by atomic mass is 10.2. The van der Waals surface area contributed by atoms with Gasteiger partial charge in [-0.1, -0.05) is 23.8 Å². The van der Waals surface area contributed by atoms with E-state index in [1.54, 1.807) is 6.92 Å². The zero-order chi connectivity index (χ0) is 21.6. The van der Waals surface area contributed by atoms with Crippen molar-refractivity contribution in [1.82, 2.24) is 5.32 Å². The van der Waals surface area contributed by atoms with E-state index in [1.807, 2.05) is 31.2 Å². The molecule has 10 heteroatoms. The van der Waals surface area contributed by atoms with Crippen molar-refractivity contribution < 1.29 is 22.9 Å². The molecule has 0 aliphatic heterocycles. The fourth-order valence-corrected chi connectivity index (χ4v) is 3.45. The number of nitro groups is 1. The molecule has 0 radical (unpaired) electrons. The van der Waals surface area contributed by atoms with E-state index in [0.29, 0.717) is 11.3 Å². The number of carbonyl (C=O) groups is 1. The van der Waals surface area contributed by atoms with Crippen LogP contribution in [0.4, 0.5) is 11.4 Å². The number of amides is 1. The van der Waals surface area contributed by atoms with Crippen LogP contribution in [-0.4, -0.2) is 45.2 Å². The smallest absolute Gasteiger partial charge is 0.271 e. The molecule has 0 aromatic heterocycles. The summed E-state index contributed by atoms with van der Waals surface area (Å²) in [6.45, 7) is 3.47. The molecule has 1 N–H and O–H groups in total. The molecule has 0 saturated carbocycles. The maximum atomic E-state index is 12.3. The summed E-state index contributed by atoms with van der Waals surface area (Å²) < 4.78 is 30.7. The van der Waals surface area contributed by atoms with Gasteiger partial charge in [0, 0.05) is 12.1 Å². The molecule has 2 rings (SSSR count). The third-order valence-corrected chi connectivity index (χ3v) is 5.20. The Morgan fingerprint density at radius 2 is 1.83 bits per heavy atom. The molecule has 9 nitrogen and oxygen atoms in total. The van der Waals surface area contributed by atoms with E-state index in [0.717, 1.165) is 22.2 Å². The van der Waals surface area contributed by atoms with Crippen LogP contribution in [0.25, 0.3) is 0 Å². The number of ether oxygens (including phenoxy) is 1. The molecule has 0 saturated heterocycles. The number of benzene rings is 2. The lowest BCUT2D eigenvalue weighted by Gasteiger charge is -2.23. The summed E-state index contributed by atoms with van der Waals surface area (Å²) in [5.41, 5.74) is 1.43. The molecule has 0 heterocycles. The number of sulfonamides is 1. The van der Waals surface area contributed by atoms with Crippen LogP contribution in [0.1, 0.15) is 11.1 Å². The van der Waals surface area contributed by atoms with Crippen LogP contribution in [-0.2, 0) is 14.8 Å². The van der Waals surface area contributed by atoms with Crippen molar-refractivity contribution in [2.75, 3.05) is 30.3 Å². The van der Waals surface area contributed by atoms with Crippen LogP contribution in [0.3, 0.4) is 0 Å². The van der Waals surface area contributed by atoms with Gasteiger partial charge in [0.25, 0.3) is 5.69 Å². The molecule has 0 atom stereocenters. The summed E-state index contributed by atoms with van der Waals surface area (Å²) in [5, 5.41) is 13.6. The summed E-state index contributed by atoms with van der Waals surface area (Å²) in [6.07, 6.45) is 0.944. The average molecular weight is 421 g/mol. The molecule has 0 aliphatic rings. The van der Waals surface area contributed by atoms with E-state index < -0.39 is 27.4 Å². The standard InChI is InChI=1S/C19H23N3O6S/c1-14-4-8-17(9-5-14)28-11-10-20-19(23)13-21(29(3,26)27)18-12-16(22(24)25)7-6-15(18)2/h4-9,12H,10-11,13H2,1-3H3,(H,20,23). The minimum atomic E-state index is -3.84. The van der Waals surface area contributed by atoms with Gasteiger partial charge in [-0.15, -0.1) is 0 Å². The Kier molecular flexibility index (Phi) is 7.16. The molecule has 1 amide bonds. The highest BCUT2D eigenvalue weighted by Crippen LogP contribution is 2.27. The van der Waals surface area contributed by atoms with Crippen LogP contribution >= 0.6 is 0 Å². The van der Waals surface area contributed by atoms with E-state index >= 15 is 0 Å². The molecule has 0 bridgehead atoms. The Balaban J connectivity index is 2.01. The topological polar surface area (TPSA) is 119 Å². The lowest BCUT2D eigenvalue weighted by molar-refractivity contribution is -0.384.